The molecule has 2 saturated heterocycles. The van der Waals surface area contributed by atoms with Gasteiger partial charge in [0.25, 0.3) is 0 Å². The molecule has 3 heteroatoms. The van der Waals surface area contributed by atoms with Gasteiger partial charge in [0.1, 0.15) is 0 Å². The molecule has 4 bridgehead atoms. The molecule has 0 aromatic carbocycles. The highest BCUT2D eigenvalue weighted by atomic mass is 16.5. The van der Waals surface area contributed by atoms with Gasteiger partial charge in [0.2, 0.25) is 0 Å². The molecule has 2 heterocycles. The Hall–Kier alpha value is -0.670. The zero-order valence-electron chi connectivity index (χ0n) is 11.6. The lowest BCUT2D eigenvalue weighted by molar-refractivity contribution is -0.229. The van der Waals surface area contributed by atoms with Crippen molar-refractivity contribution in [3.05, 3.63) is 11.6 Å². The summed E-state index contributed by atoms with van der Waals surface area (Å²) in [5.74, 6) is 0.344. The van der Waals surface area contributed by atoms with Gasteiger partial charge in [-0.15, -0.1) is 0 Å². The van der Waals surface area contributed by atoms with E-state index in [-0.39, 0.29) is 11.9 Å². The summed E-state index contributed by atoms with van der Waals surface area (Å²) in [6.07, 6.45) is 4.59. The molecule has 0 aromatic heterocycles. The second kappa shape index (κ2) is 3.26. The molecule has 18 heavy (non-hydrogen) atoms. The first-order valence-corrected chi connectivity index (χ1v) is 6.84. The highest BCUT2D eigenvalue weighted by molar-refractivity contribution is 5.98. The van der Waals surface area contributed by atoms with Crippen molar-refractivity contribution in [1.82, 2.24) is 0 Å². The Morgan fingerprint density at radius 1 is 1.50 bits per heavy atom. The lowest BCUT2D eigenvalue weighted by atomic mass is 9.53. The van der Waals surface area contributed by atoms with E-state index < -0.39 is 16.6 Å². The van der Waals surface area contributed by atoms with Crippen LogP contribution in [0.5, 0.6) is 0 Å². The van der Waals surface area contributed by atoms with Crippen molar-refractivity contribution in [2.24, 2.45) is 11.3 Å². The SMILES string of the molecule is CC1=CC(=O)[C@@]2(C(C)(C)O)C[C@@H]1[C@@H]1CC[C@@]2(C)O1. The summed E-state index contributed by atoms with van der Waals surface area (Å²) in [6.45, 7) is 7.53. The van der Waals surface area contributed by atoms with Crippen molar-refractivity contribution in [3.8, 4) is 0 Å². The average Bonchev–Trinajstić information content (AvgIpc) is 2.56. The number of ketones is 1. The van der Waals surface area contributed by atoms with Gasteiger partial charge in [-0.05, 0) is 53.0 Å². The molecule has 100 valence electrons. The second-order valence-electron chi connectivity index (χ2n) is 6.95. The Morgan fingerprint density at radius 3 is 2.78 bits per heavy atom. The summed E-state index contributed by atoms with van der Waals surface area (Å²) >= 11 is 0. The minimum Gasteiger partial charge on any atom is -0.389 e. The monoisotopic (exact) mass is 250 g/mol. The molecule has 0 aromatic rings. The molecular formula is C15H22O3. The van der Waals surface area contributed by atoms with Gasteiger partial charge in [0.15, 0.2) is 5.78 Å². The fourth-order valence-corrected chi connectivity index (χ4v) is 4.59. The van der Waals surface area contributed by atoms with Crippen LogP contribution in [0.2, 0.25) is 0 Å². The molecule has 3 nitrogen and oxygen atoms in total. The number of rotatable bonds is 1. The van der Waals surface area contributed by atoms with E-state index in [4.69, 9.17) is 4.74 Å². The molecule has 3 rings (SSSR count). The maximum absolute atomic E-state index is 12.7. The van der Waals surface area contributed by atoms with Crippen LogP contribution >= 0.6 is 0 Å². The third kappa shape index (κ3) is 1.19. The van der Waals surface area contributed by atoms with Gasteiger partial charge in [-0.2, -0.15) is 0 Å². The van der Waals surface area contributed by atoms with Gasteiger partial charge in [-0.1, -0.05) is 5.57 Å². The number of hydrogen-bond donors (Lipinski definition) is 1. The first kappa shape index (κ1) is 12.4. The molecular weight excluding hydrogens is 228 g/mol. The Morgan fingerprint density at radius 2 is 2.17 bits per heavy atom. The van der Waals surface area contributed by atoms with Crippen LogP contribution in [-0.2, 0) is 9.53 Å². The van der Waals surface area contributed by atoms with Crippen molar-refractivity contribution in [2.75, 3.05) is 0 Å². The lowest BCUT2D eigenvalue weighted by Gasteiger charge is -2.57. The quantitative estimate of drug-likeness (QED) is 0.776. The van der Waals surface area contributed by atoms with E-state index in [2.05, 4.69) is 0 Å². The first-order valence-electron chi connectivity index (χ1n) is 6.84. The predicted molar refractivity (Wildman–Crippen MR) is 68.1 cm³/mol. The summed E-state index contributed by atoms with van der Waals surface area (Å²) in [5, 5.41) is 10.7. The normalized spacial score (nSPS) is 47.2. The Balaban J connectivity index is 2.23. The number of carbonyl (C=O) groups is 1. The standard InChI is InChI=1S/C15H22O3/c1-9-7-12(16)15(13(2,3)17)8-10(9)11-5-6-14(15,4)18-11/h7,10-11,17H,5-6,8H2,1-4H3/t10-,11-,14+,15+/m0/s1. The topological polar surface area (TPSA) is 46.5 Å². The number of aliphatic hydroxyl groups is 1. The van der Waals surface area contributed by atoms with Crippen molar-refractivity contribution in [3.63, 3.8) is 0 Å². The van der Waals surface area contributed by atoms with Gasteiger partial charge in [0, 0.05) is 5.92 Å². The van der Waals surface area contributed by atoms with Crippen LogP contribution in [-0.4, -0.2) is 28.2 Å². The molecule has 0 saturated carbocycles. The maximum atomic E-state index is 12.7. The Kier molecular flexibility index (Phi) is 2.24. The van der Waals surface area contributed by atoms with Crippen molar-refractivity contribution >= 4 is 5.78 Å². The average molecular weight is 250 g/mol. The van der Waals surface area contributed by atoms with Crippen LogP contribution in [0.3, 0.4) is 0 Å². The van der Waals surface area contributed by atoms with Crippen LogP contribution < -0.4 is 0 Å². The van der Waals surface area contributed by atoms with Gasteiger partial charge >= 0.3 is 0 Å². The van der Waals surface area contributed by atoms with Crippen LogP contribution in [0.4, 0.5) is 0 Å². The first-order chi connectivity index (χ1) is 8.21. The molecule has 2 aliphatic heterocycles. The van der Waals surface area contributed by atoms with Crippen LogP contribution in [0.1, 0.15) is 47.0 Å². The molecule has 0 radical (unpaired) electrons. The number of ether oxygens (including phenoxy) is 1. The number of hydrogen-bond acceptors (Lipinski definition) is 3. The van der Waals surface area contributed by atoms with Crippen molar-refractivity contribution in [2.45, 2.75) is 64.3 Å². The van der Waals surface area contributed by atoms with E-state index in [0.29, 0.717) is 5.92 Å². The summed E-state index contributed by atoms with van der Waals surface area (Å²) in [4.78, 5) is 12.7. The van der Waals surface area contributed by atoms with Crippen LogP contribution in [0.25, 0.3) is 0 Å². The summed E-state index contributed by atoms with van der Waals surface area (Å²) in [7, 11) is 0. The van der Waals surface area contributed by atoms with E-state index in [0.717, 1.165) is 24.8 Å². The van der Waals surface area contributed by atoms with E-state index >= 15 is 0 Å². The Labute approximate surface area is 108 Å². The Bertz CT molecular complexity index is 445. The number of carbonyl (C=O) groups excluding carboxylic acids is 1. The lowest BCUT2D eigenvalue weighted by Crippen LogP contribution is -2.66. The number of allylic oxidation sites excluding steroid dienone is 1. The largest absolute Gasteiger partial charge is 0.389 e. The smallest absolute Gasteiger partial charge is 0.167 e. The minimum absolute atomic E-state index is 0.0478. The van der Waals surface area contributed by atoms with E-state index in [9.17, 15) is 9.90 Å². The van der Waals surface area contributed by atoms with E-state index in [1.807, 2.05) is 13.8 Å². The van der Waals surface area contributed by atoms with Crippen LogP contribution in [0.15, 0.2) is 11.6 Å². The minimum atomic E-state index is -1.05. The molecule has 0 amide bonds. The third-order valence-electron chi connectivity index (χ3n) is 5.60. The maximum Gasteiger partial charge on any atom is 0.167 e. The highest BCUT2D eigenvalue weighted by Crippen LogP contribution is 2.62. The molecule has 0 spiro atoms. The fraction of sp³-hybridized carbons (Fsp3) is 0.800. The zero-order chi connectivity index (χ0) is 13.3. The van der Waals surface area contributed by atoms with E-state index in [1.54, 1.807) is 19.9 Å². The predicted octanol–water partition coefficient (Wildman–Crippen LogP) is 2.23. The van der Waals surface area contributed by atoms with E-state index in [1.165, 1.54) is 0 Å². The number of fused-ring (bicyclic) bond motifs is 6. The van der Waals surface area contributed by atoms with Gasteiger partial charge in [0.05, 0.1) is 22.7 Å². The molecule has 1 N–H and O–H groups in total. The van der Waals surface area contributed by atoms with Gasteiger partial charge in [-0.3, -0.25) is 4.79 Å². The van der Waals surface area contributed by atoms with Crippen molar-refractivity contribution < 1.29 is 14.6 Å². The van der Waals surface area contributed by atoms with Crippen molar-refractivity contribution in [1.29, 1.82) is 0 Å². The fourth-order valence-electron chi connectivity index (χ4n) is 4.59. The van der Waals surface area contributed by atoms with Gasteiger partial charge in [-0.25, -0.2) is 0 Å². The van der Waals surface area contributed by atoms with Crippen LogP contribution in [0, 0.1) is 11.3 Å². The zero-order valence-corrected chi connectivity index (χ0v) is 11.6. The second-order valence-corrected chi connectivity index (χ2v) is 6.95. The van der Waals surface area contributed by atoms with Gasteiger partial charge < -0.3 is 9.84 Å². The summed E-state index contributed by atoms with van der Waals surface area (Å²) in [6, 6.07) is 0. The molecule has 3 aliphatic rings. The third-order valence-corrected chi connectivity index (χ3v) is 5.60. The molecule has 2 fully saturated rings. The summed E-state index contributed by atoms with van der Waals surface area (Å²) in [5.41, 5.74) is -1.23. The molecule has 0 unspecified atom stereocenters. The molecule has 1 aliphatic carbocycles. The molecule has 4 atom stereocenters. The summed E-state index contributed by atoms with van der Waals surface area (Å²) < 4.78 is 6.20. The highest BCUT2D eigenvalue weighted by Gasteiger charge is 2.69.